The van der Waals surface area contributed by atoms with E-state index >= 15 is 0 Å². The first-order chi connectivity index (χ1) is 9.52. The largest absolute Gasteiger partial charge is 0.480 e. The zero-order chi connectivity index (χ0) is 15.0. The molecule has 1 heterocycles. The average molecular weight is 285 g/mol. The lowest BCUT2D eigenvalue weighted by molar-refractivity contribution is -0.139. The predicted molar refractivity (Wildman–Crippen MR) is 77.8 cm³/mol. The van der Waals surface area contributed by atoms with Gasteiger partial charge in [0.05, 0.1) is 0 Å². The Kier molecular flexibility index (Phi) is 7.36. The minimum absolute atomic E-state index is 0.0220. The number of urea groups is 1. The minimum atomic E-state index is -0.971. The van der Waals surface area contributed by atoms with Gasteiger partial charge in [0.2, 0.25) is 0 Å². The van der Waals surface area contributed by atoms with Crippen molar-refractivity contribution >= 4 is 12.0 Å². The molecule has 0 bridgehead atoms. The third kappa shape index (κ3) is 6.23. The SMILES string of the molecule is CCCC[C@H](NC(=O)NC(C)CN1CCCC1)C(=O)O. The minimum Gasteiger partial charge on any atom is -0.480 e. The standard InChI is InChI=1S/C14H27N3O3/c1-3-4-7-12(13(18)19)16-14(20)15-11(2)10-17-8-5-6-9-17/h11-12H,3-10H2,1-2H3,(H,18,19)(H2,15,16,20)/t11?,12-/m0/s1. The number of carbonyl (C=O) groups excluding carboxylic acids is 1. The van der Waals surface area contributed by atoms with E-state index in [1.54, 1.807) is 0 Å². The molecule has 1 saturated heterocycles. The Hall–Kier alpha value is -1.30. The van der Waals surface area contributed by atoms with E-state index in [1.165, 1.54) is 12.8 Å². The van der Waals surface area contributed by atoms with Gasteiger partial charge in [-0.25, -0.2) is 9.59 Å². The molecule has 0 saturated carbocycles. The van der Waals surface area contributed by atoms with Gasteiger partial charge in [-0.05, 0) is 39.3 Å². The number of carboxylic acids is 1. The number of nitrogens with one attached hydrogen (secondary N) is 2. The molecule has 1 fully saturated rings. The van der Waals surface area contributed by atoms with Crippen molar-refractivity contribution in [3.05, 3.63) is 0 Å². The molecule has 0 aliphatic carbocycles. The van der Waals surface area contributed by atoms with Crippen molar-refractivity contribution < 1.29 is 14.7 Å². The molecule has 1 unspecified atom stereocenters. The number of aliphatic carboxylic acids is 1. The van der Waals surface area contributed by atoms with Crippen molar-refractivity contribution in [2.45, 2.75) is 58.0 Å². The van der Waals surface area contributed by atoms with Crippen LogP contribution in [0.5, 0.6) is 0 Å². The highest BCUT2D eigenvalue weighted by atomic mass is 16.4. The molecule has 1 aliphatic rings. The van der Waals surface area contributed by atoms with Crippen LogP contribution < -0.4 is 10.6 Å². The van der Waals surface area contributed by atoms with Crippen molar-refractivity contribution in [1.29, 1.82) is 0 Å². The molecule has 116 valence electrons. The van der Waals surface area contributed by atoms with E-state index in [0.717, 1.165) is 32.5 Å². The van der Waals surface area contributed by atoms with Crippen molar-refractivity contribution in [2.24, 2.45) is 0 Å². The second-order valence-corrected chi connectivity index (χ2v) is 5.56. The summed E-state index contributed by atoms with van der Waals surface area (Å²) in [6, 6.07) is -1.16. The first kappa shape index (κ1) is 16.8. The summed E-state index contributed by atoms with van der Waals surface area (Å²) in [5, 5.41) is 14.4. The van der Waals surface area contributed by atoms with E-state index in [1.807, 2.05) is 13.8 Å². The number of unbranched alkanes of at least 4 members (excludes halogenated alkanes) is 1. The number of carbonyl (C=O) groups is 2. The summed E-state index contributed by atoms with van der Waals surface area (Å²) in [5.41, 5.74) is 0. The van der Waals surface area contributed by atoms with Gasteiger partial charge < -0.3 is 20.6 Å². The van der Waals surface area contributed by atoms with E-state index in [9.17, 15) is 9.59 Å². The summed E-state index contributed by atoms with van der Waals surface area (Å²) >= 11 is 0. The smallest absolute Gasteiger partial charge is 0.326 e. The average Bonchev–Trinajstić information content (AvgIpc) is 2.86. The Balaban J connectivity index is 2.30. The third-order valence-electron chi connectivity index (χ3n) is 3.56. The highest BCUT2D eigenvalue weighted by Gasteiger charge is 2.21. The number of rotatable bonds is 8. The molecule has 0 spiro atoms. The molecule has 1 aliphatic heterocycles. The second-order valence-electron chi connectivity index (χ2n) is 5.56. The Morgan fingerprint density at radius 2 is 1.90 bits per heavy atom. The molecule has 6 nitrogen and oxygen atoms in total. The predicted octanol–water partition coefficient (Wildman–Crippen LogP) is 1.41. The maximum atomic E-state index is 11.8. The molecule has 6 heteroatoms. The molecule has 2 atom stereocenters. The van der Waals surface area contributed by atoms with Crippen molar-refractivity contribution in [2.75, 3.05) is 19.6 Å². The van der Waals surface area contributed by atoms with E-state index in [4.69, 9.17) is 5.11 Å². The van der Waals surface area contributed by atoms with Crippen LogP contribution >= 0.6 is 0 Å². The van der Waals surface area contributed by atoms with Crippen LogP contribution in [0, 0.1) is 0 Å². The molecule has 0 aromatic rings. The summed E-state index contributed by atoms with van der Waals surface area (Å²) in [6.45, 7) is 6.93. The molecular weight excluding hydrogens is 258 g/mol. The molecule has 0 radical (unpaired) electrons. The molecule has 0 aromatic heterocycles. The lowest BCUT2D eigenvalue weighted by Gasteiger charge is -2.22. The number of carboxylic acid groups (broad SMARTS) is 1. The maximum Gasteiger partial charge on any atom is 0.326 e. The lowest BCUT2D eigenvalue weighted by atomic mass is 10.1. The Bertz CT molecular complexity index is 317. The molecule has 0 aromatic carbocycles. The quantitative estimate of drug-likeness (QED) is 0.630. The van der Waals surface area contributed by atoms with Gasteiger partial charge in [0.15, 0.2) is 0 Å². The fourth-order valence-corrected chi connectivity index (χ4v) is 2.49. The summed E-state index contributed by atoms with van der Waals surface area (Å²) in [5.74, 6) is -0.971. The fraction of sp³-hybridized carbons (Fsp3) is 0.857. The van der Waals surface area contributed by atoms with Crippen LogP contribution in [0.2, 0.25) is 0 Å². The van der Waals surface area contributed by atoms with Gasteiger partial charge in [-0.3, -0.25) is 0 Å². The normalized spacial score (nSPS) is 18.5. The summed E-state index contributed by atoms with van der Waals surface area (Å²) in [7, 11) is 0. The van der Waals surface area contributed by atoms with Gasteiger partial charge in [0, 0.05) is 12.6 Å². The summed E-state index contributed by atoms with van der Waals surface area (Å²) in [6.07, 6.45) is 4.62. The number of hydrogen-bond acceptors (Lipinski definition) is 3. The summed E-state index contributed by atoms with van der Waals surface area (Å²) in [4.78, 5) is 25.2. The zero-order valence-corrected chi connectivity index (χ0v) is 12.5. The van der Waals surface area contributed by atoms with E-state index < -0.39 is 12.0 Å². The third-order valence-corrected chi connectivity index (χ3v) is 3.56. The van der Waals surface area contributed by atoms with Gasteiger partial charge in [-0.2, -0.15) is 0 Å². The Labute approximate surface area is 120 Å². The van der Waals surface area contributed by atoms with Crippen LogP contribution in [0.15, 0.2) is 0 Å². The van der Waals surface area contributed by atoms with Crippen LogP contribution in [-0.2, 0) is 4.79 Å². The molecule has 3 N–H and O–H groups in total. The van der Waals surface area contributed by atoms with Crippen molar-refractivity contribution in [1.82, 2.24) is 15.5 Å². The first-order valence-corrected chi connectivity index (χ1v) is 7.55. The van der Waals surface area contributed by atoms with E-state index in [-0.39, 0.29) is 12.1 Å². The van der Waals surface area contributed by atoms with Crippen LogP contribution in [0.25, 0.3) is 0 Å². The number of nitrogens with zero attached hydrogens (tertiary/aromatic N) is 1. The Morgan fingerprint density at radius 1 is 1.25 bits per heavy atom. The first-order valence-electron chi connectivity index (χ1n) is 7.55. The topological polar surface area (TPSA) is 81.7 Å². The van der Waals surface area contributed by atoms with Gasteiger partial charge >= 0.3 is 12.0 Å². The van der Waals surface area contributed by atoms with Crippen LogP contribution in [-0.4, -0.2) is 53.7 Å². The number of likely N-dealkylation sites (tertiary alicyclic amines) is 1. The van der Waals surface area contributed by atoms with E-state index in [0.29, 0.717) is 6.42 Å². The van der Waals surface area contributed by atoms with E-state index in [2.05, 4.69) is 15.5 Å². The van der Waals surface area contributed by atoms with Crippen molar-refractivity contribution in [3.8, 4) is 0 Å². The molecule has 20 heavy (non-hydrogen) atoms. The van der Waals surface area contributed by atoms with Gasteiger partial charge in [0.1, 0.15) is 6.04 Å². The van der Waals surface area contributed by atoms with Crippen molar-refractivity contribution in [3.63, 3.8) is 0 Å². The van der Waals surface area contributed by atoms with Crippen LogP contribution in [0.3, 0.4) is 0 Å². The highest BCUT2D eigenvalue weighted by Crippen LogP contribution is 2.07. The summed E-state index contributed by atoms with van der Waals surface area (Å²) < 4.78 is 0. The monoisotopic (exact) mass is 285 g/mol. The number of hydrogen-bond donors (Lipinski definition) is 3. The van der Waals surface area contributed by atoms with Gasteiger partial charge in [0.25, 0.3) is 0 Å². The molecular formula is C14H27N3O3. The fourth-order valence-electron chi connectivity index (χ4n) is 2.49. The molecule has 1 rings (SSSR count). The lowest BCUT2D eigenvalue weighted by Crippen LogP contribution is -2.50. The van der Waals surface area contributed by atoms with Crippen LogP contribution in [0.4, 0.5) is 4.79 Å². The number of amides is 2. The maximum absolute atomic E-state index is 11.8. The van der Waals surface area contributed by atoms with Gasteiger partial charge in [-0.1, -0.05) is 19.8 Å². The Morgan fingerprint density at radius 3 is 2.45 bits per heavy atom. The highest BCUT2D eigenvalue weighted by molar-refractivity contribution is 5.82. The van der Waals surface area contributed by atoms with Gasteiger partial charge in [-0.15, -0.1) is 0 Å². The zero-order valence-electron chi connectivity index (χ0n) is 12.5. The second kappa shape index (κ2) is 8.79. The molecule has 2 amide bonds. The van der Waals surface area contributed by atoms with Crippen LogP contribution in [0.1, 0.15) is 46.0 Å².